The van der Waals surface area contributed by atoms with E-state index in [1.54, 1.807) is 29.3 Å². The average molecular weight is 627 g/mol. The van der Waals surface area contributed by atoms with E-state index in [1.807, 2.05) is 20.8 Å². The molecule has 3 N–H and O–H groups in total. The number of hydrogen-bond donors (Lipinski definition) is 3. The van der Waals surface area contributed by atoms with E-state index in [2.05, 4.69) is 15.5 Å². The molecule has 5 rings (SSSR count). The molecule has 0 radical (unpaired) electrons. The number of carbonyl (C=O) groups is 1. The predicted octanol–water partition coefficient (Wildman–Crippen LogP) is 3.46. The van der Waals surface area contributed by atoms with E-state index in [-0.39, 0.29) is 18.1 Å². The summed E-state index contributed by atoms with van der Waals surface area (Å²) in [6, 6.07) is 4.13. The number of likely N-dealkylation sites (tertiary alicyclic amines) is 1. The van der Waals surface area contributed by atoms with Crippen LogP contribution in [0.5, 0.6) is 0 Å². The van der Waals surface area contributed by atoms with E-state index in [1.165, 1.54) is 4.68 Å². The van der Waals surface area contributed by atoms with Gasteiger partial charge < -0.3 is 34.5 Å². The number of ether oxygens (including phenoxy) is 2. The minimum absolute atomic E-state index is 0.181. The highest BCUT2D eigenvalue weighted by Crippen LogP contribution is 2.35. The maximum absolute atomic E-state index is 12.4. The molecule has 1 aromatic heterocycles. The van der Waals surface area contributed by atoms with Gasteiger partial charge in [0.15, 0.2) is 0 Å². The molecule has 4 heterocycles. The van der Waals surface area contributed by atoms with Crippen LogP contribution in [0.1, 0.15) is 52.5 Å². The molecular weight excluding hydrogens is 589 g/mol. The first-order valence-corrected chi connectivity index (χ1v) is 14.9. The molecule has 0 spiro atoms. The molecule has 0 bridgehead atoms. The Bertz CT molecular complexity index is 1290. The first kappa shape index (κ1) is 31.0. The van der Waals surface area contributed by atoms with Crippen molar-refractivity contribution < 1.29 is 34.4 Å². The van der Waals surface area contributed by atoms with E-state index in [9.17, 15) is 20.1 Å². The van der Waals surface area contributed by atoms with Crippen LogP contribution in [0.4, 0.5) is 4.79 Å². The summed E-state index contributed by atoms with van der Waals surface area (Å²) in [5.41, 5.74) is 1.53. The van der Waals surface area contributed by atoms with Crippen molar-refractivity contribution in [3.8, 4) is 11.3 Å². The molecule has 1 aromatic carbocycles. The van der Waals surface area contributed by atoms with Crippen molar-refractivity contribution in [1.29, 1.82) is 0 Å². The zero-order valence-electron chi connectivity index (χ0n) is 23.8. The second kappa shape index (κ2) is 12.6. The van der Waals surface area contributed by atoms with Crippen LogP contribution in [-0.2, 0) is 14.3 Å². The van der Waals surface area contributed by atoms with Gasteiger partial charge in [-0.1, -0.05) is 39.6 Å². The summed E-state index contributed by atoms with van der Waals surface area (Å²) < 4.78 is 12.8. The smallest absolute Gasteiger partial charge is 0.410 e. The summed E-state index contributed by atoms with van der Waals surface area (Å²) in [6.45, 7) is 6.26. The highest BCUT2D eigenvalue weighted by atomic mass is 35.5. The summed E-state index contributed by atoms with van der Waals surface area (Å²) in [7, 11) is 0. The Hall–Kier alpha value is -2.48. The van der Waals surface area contributed by atoms with Gasteiger partial charge in [0.1, 0.15) is 41.8 Å². The summed E-state index contributed by atoms with van der Waals surface area (Å²) in [4.78, 5) is 19.9. The third-order valence-electron chi connectivity index (χ3n) is 7.89. The van der Waals surface area contributed by atoms with Gasteiger partial charge in [-0.25, -0.2) is 9.48 Å². The number of benzene rings is 1. The van der Waals surface area contributed by atoms with Gasteiger partial charge in [-0.2, -0.15) is 0 Å². The van der Waals surface area contributed by atoms with Crippen molar-refractivity contribution in [3.05, 3.63) is 34.4 Å². The van der Waals surface area contributed by atoms with Crippen LogP contribution in [0.2, 0.25) is 10.0 Å². The van der Waals surface area contributed by atoms with Crippen LogP contribution in [0.15, 0.2) is 29.6 Å². The van der Waals surface area contributed by atoms with Crippen molar-refractivity contribution in [3.63, 3.8) is 0 Å². The van der Waals surface area contributed by atoms with Gasteiger partial charge >= 0.3 is 6.09 Å². The molecule has 2 saturated heterocycles. The molecule has 0 aliphatic carbocycles. The Labute approximate surface area is 254 Å². The number of oxime groups is 1. The summed E-state index contributed by atoms with van der Waals surface area (Å²) in [5, 5.41) is 45.7. The lowest BCUT2D eigenvalue weighted by Crippen LogP contribution is -2.56. The molecule has 2 aromatic rings. The summed E-state index contributed by atoms with van der Waals surface area (Å²) in [5.74, 6) is 0.181. The normalized spacial score (nSPS) is 28.9. The van der Waals surface area contributed by atoms with Crippen molar-refractivity contribution in [2.45, 2.75) is 88.6 Å². The first-order chi connectivity index (χ1) is 19.9. The second-order valence-corrected chi connectivity index (χ2v) is 12.9. The van der Waals surface area contributed by atoms with Gasteiger partial charge in [0.25, 0.3) is 0 Å². The number of nitrogens with zero attached hydrogens (tertiary/aromatic N) is 5. The van der Waals surface area contributed by atoms with Crippen molar-refractivity contribution >= 4 is 35.0 Å². The van der Waals surface area contributed by atoms with E-state index in [4.69, 9.17) is 37.5 Å². The van der Waals surface area contributed by atoms with Crippen LogP contribution >= 0.6 is 23.2 Å². The number of rotatable bonds is 6. The Morgan fingerprint density at radius 3 is 2.50 bits per heavy atom. The van der Waals surface area contributed by atoms with Gasteiger partial charge in [-0.3, -0.25) is 0 Å². The first-order valence-electron chi connectivity index (χ1n) is 14.1. The fourth-order valence-electron chi connectivity index (χ4n) is 5.69. The number of piperidine rings is 1. The largest absolute Gasteiger partial charge is 0.444 e. The zero-order valence-corrected chi connectivity index (χ0v) is 25.3. The van der Waals surface area contributed by atoms with Crippen LogP contribution in [0.3, 0.4) is 0 Å². The molecule has 12 nitrogen and oxygen atoms in total. The minimum atomic E-state index is -1.24. The third-order valence-corrected chi connectivity index (χ3v) is 8.63. The minimum Gasteiger partial charge on any atom is -0.444 e. The van der Waals surface area contributed by atoms with Gasteiger partial charge in [0.05, 0.1) is 34.7 Å². The van der Waals surface area contributed by atoms with Gasteiger partial charge in [-0.05, 0) is 45.7 Å². The van der Waals surface area contributed by atoms with E-state index < -0.39 is 42.7 Å². The summed E-state index contributed by atoms with van der Waals surface area (Å²) in [6.07, 6.45) is -0.807. The maximum atomic E-state index is 12.4. The van der Waals surface area contributed by atoms with E-state index >= 15 is 0 Å². The van der Waals surface area contributed by atoms with Crippen LogP contribution in [0.25, 0.3) is 11.3 Å². The lowest BCUT2D eigenvalue weighted by atomic mass is 9.86. The molecule has 230 valence electrons. The molecule has 2 fully saturated rings. The van der Waals surface area contributed by atoms with Crippen LogP contribution in [0, 0.1) is 5.92 Å². The quantitative estimate of drug-likeness (QED) is 0.438. The molecule has 3 aliphatic heterocycles. The summed E-state index contributed by atoms with van der Waals surface area (Å²) >= 11 is 12.2. The topological polar surface area (TPSA) is 152 Å². The monoisotopic (exact) mass is 625 g/mol. The number of aliphatic hydroxyl groups is 3. The fraction of sp³-hybridized carbons (Fsp3) is 0.643. The second-order valence-electron chi connectivity index (χ2n) is 12.1. The van der Waals surface area contributed by atoms with Crippen LogP contribution in [-0.4, -0.2) is 103 Å². The number of halogens is 2. The molecule has 3 aliphatic rings. The van der Waals surface area contributed by atoms with Gasteiger partial charge in [0, 0.05) is 37.4 Å². The fourth-order valence-corrected chi connectivity index (χ4v) is 5.99. The highest BCUT2D eigenvalue weighted by Gasteiger charge is 2.47. The van der Waals surface area contributed by atoms with E-state index in [0.29, 0.717) is 47.2 Å². The molecule has 0 unspecified atom stereocenters. The predicted molar refractivity (Wildman–Crippen MR) is 154 cm³/mol. The molecule has 6 atom stereocenters. The number of hydrogen-bond acceptors (Lipinski definition) is 10. The Kier molecular flexibility index (Phi) is 9.31. The Balaban J connectivity index is 1.20. The zero-order chi connectivity index (χ0) is 30.2. The molecule has 42 heavy (non-hydrogen) atoms. The number of aliphatic hydroxyl groups excluding tert-OH is 3. The lowest BCUT2D eigenvalue weighted by molar-refractivity contribution is -0.212. The van der Waals surface area contributed by atoms with Crippen molar-refractivity contribution in [2.24, 2.45) is 11.1 Å². The lowest BCUT2D eigenvalue weighted by Gasteiger charge is -2.42. The van der Waals surface area contributed by atoms with Crippen molar-refractivity contribution in [1.82, 2.24) is 19.9 Å². The highest BCUT2D eigenvalue weighted by molar-refractivity contribution is 6.42. The van der Waals surface area contributed by atoms with Gasteiger partial charge in [-0.15, -0.1) is 5.10 Å². The van der Waals surface area contributed by atoms with Crippen molar-refractivity contribution in [2.75, 3.05) is 19.7 Å². The Morgan fingerprint density at radius 1 is 1.12 bits per heavy atom. The maximum Gasteiger partial charge on any atom is 0.410 e. The molecular formula is C28H37Cl2N5O7. The van der Waals surface area contributed by atoms with Gasteiger partial charge in [0.2, 0.25) is 0 Å². The number of carbonyl (C=O) groups excluding carboxylic acids is 1. The third kappa shape index (κ3) is 6.84. The number of amides is 1. The standard InChI is InChI=1S/C28H37Cl2N5O7/c1-28(2,3)41-27(39)34-8-6-15(7-9-34)20-11-17(42-32-20)12-22-25(37)24(26(38)23(14-36)40-22)35-13-21(31-33-35)16-4-5-18(29)19(30)10-16/h4-5,10,13,15,17,22-26,36-38H,6-9,11-12,14H2,1-3H3/t17-,22-,23-,24-,25+,26+/m1/s1. The van der Waals surface area contributed by atoms with E-state index in [0.717, 1.165) is 18.6 Å². The Morgan fingerprint density at radius 2 is 1.83 bits per heavy atom. The average Bonchev–Trinajstić information content (AvgIpc) is 3.61. The number of aromatic nitrogens is 3. The van der Waals surface area contributed by atoms with Crippen LogP contribution < -0.4 is 0 Å². The molecule has 0 saturated carbocycles. The SMILES string of the molecule is CC(C)(C)OC(=O)N1CCC(C2=NO[C@@H](C[C@H]3O[C@H](CO)[C@H](O)[C@H](n4cc(-c5ccc(Cl)c(Cl)c5)nn4)[C@H]3O)C2)CC1. The molecule has 14 heteroatoms. The molecule has 1 amide bonds.